The van der Waals surface area contributed by atoms with Gasteiger partial charge in [-0.2, -0.15) is 0 Å². The van der Waals surface area contributed by atoms with Gasteiger partial charge in [0.25, 0.3) is 5.91 Å². The van der Waals surface area contributed by atoms with Crippen LogP contribution in [0.4, 0.5) is 0 Å². The number of hydrogen-bond donors (Lipinski definition) is 3. The minimum absolute atomic E-state index is 0. The van der Waals surface area contributed by atoms with E-state index < -0.39 is 0 Å². The number of likely N-dealkylation sites (tertiary alicyclic amines) is 1. The van der Waals surface area contributed by atoms with Crippen LogP contribution in [0.25, 0.3) is 0 Å². The van der Waals surface area contributed by atoms with Crippen molar-refractivity contribution < 1.29 is 9.59 Å². The molecule has 1 fully saturated rings. The molecule has 0 radical (unpaired) electrons. The van der Waals surface area contributed by atoms with Gasteiger partial charge in [-0.25, -0.2) is 0 Å². The molecule has 1 aliphatic heterocycles. The third-order valence-electron chi connectivity index (χ3n) is 5.22. The number of pyridine rings is 1. The van der Waals surface area contributed by atoms with Crippen LogP contribution in [0.15, 0.2) is 59.9 Å². The molecule has 8 nitrogen and oxygen atoms in total. The van der Waals surface area contributed by atoms with Crippen LogP contribution in [-0.2, 0) is 11.2 Å². The molecule has 0 aliphatic carbocycles. The van der Waals surface area contributed by atoms with E-state index in [4.69, 9.17) is 0 Å². The van der Waals surface area contributed by atoms with E-state index in [9.17, 15) is 9.59 Å². The number of benzene rings is 1. The average Bonchev–Trinajstić information content (AvgIpc) is 3.17. The van der Waals surface area contributed by atoms with Gasteiger partial charge in [0.2, 0.25) is 5.91 Å². The van der Waals surface area contributed by atoms with Crippen LogP contribution in [-0.4, -0.2) is 67.4 Å². The predicted octanol–water partition coefficient (Wildman–Crippen LogP) is 1.69. The fourth-order valence-electron chi connectivity index (χ4n) is 3.53. The number of nitrogens with one attached hydrogen (secondary N) is 3. The Kier molecular flexibility index (Phi) is 10.9. The first kappa shape index (κ1) is 25.6. The van der Waals surface area contributed by atoms with E-state index in [1.54, 1.807) is 25.4 Å². The quantitative estimate of drug-likeness (QED) is 0.191. The standard InChI is InChI=1S/C23H30N6O2.HI/c1-24-23(27-12-11-26-22(31)20-8-5-10-25-16-20)28-15-19-14-21(30)29(17-19)13-9-18-6-3-2-4-7-18;/h2-8,10,16,19H,9,11-15,17H2,1H3,(H,26,31)(H2,24,27,28);1H. The van der Waals surface area contributed by atoms with E-state index in [0.717, 1.165) is 19.5 Å². The number of carbonyl (C=O) groups is 2. The Morgan fingerprint density at radius 3 is 2.62 bits per heavy atom. The molecule has 1 saturated heterocycles. The van der Waals surface area contributed by atoms with Gasteiger partial charge in [-0.15, -0.1) is 24.0 Å². The predicted molar refractivity (Wildman–Crippen MR) is 136 cm³/mol. The van der Waals surface area contributed by atoms with Crippen LogP contribution in [0, 0.1) is 5.92 Å². The number of hydrogen-bond acceptors (Lipinski definition) is 4. The van der Waals surface area contributed by atoms with Gasteiger partial charge in [0.05, 0.1) is 5.56 Å². The minimum Gasteiger partial charge on any atom is -0.356 e. The van der Waals surface area contributed by atoms with Crippen LogP contribution in [0.3, 0.4) is 0 Å². The molecule has 1 unspecified atom stereocenters. The normalized spacial score (nSPS) is 15.8. The molecule has 2 heterocycles. The highest BCUT2D eigenvalue weighted by atomic mass is 127. The van der Waals surface area contributed by atoms with Crippen molar-refractivity contribution in [1.82, 2.24) is 25.8 Å². The van der Waals surface area contributed by atoms with Gasteiger partial charge >= 0.3 is 0 Å². The second kappa shape index (κ2) is 13.7. The minimum atomic E-state index is -0.155. The van der Waals surface area contributed by atoms with Crippen molar-refractivity contribution in [3.05, 3.63) is 66.0 Å². The van der Waals surface area contributed by atoms with Crippen molar-refractivity contribution in [3.8, 4) is 0 Å². The number of aromatic nitrogens is 1. The van der Waals surface area contributed by atoms with Gasteiger partial charge < -0.3 is 20.9 Å². The lowest BCUT2D eigenvalue weighted by Crippen LogP contribution is -2.43. The fraction of sp³-hybridized carbons (Fsp3) is 0.391. The third kappa shape index (κ3) is 8.10. The SMILES string of the molecule is CN=C(NCCNC(=O)c1cccnc1)NCC1CC(=O)N(CCc2ccccc2)C1.I. The molecule has 3 N–H and O–H groups in total. The Balaban J connectivity index is 0.00000363. The second-order valence-corrected chi connectivity index (χ2v) is 7.52. The zero-order valence-corrected chi connectivity index (χ0v) is 20.6. The molecular formula is C23H31IN6O2. The first-order chi connectivity index (χ1) is 15.2. The maximum atomic E-state index is 12.3. The molecule has 0 spiro atoms. The summed E-state index contributed by atoms with van der Waals surface area (Å²) in [5.74, 6) is 0.972. The number of nitrogens with zero attached hydrogens (tertiary/aromatic N) is 3. The first-order valence-electron chi connectivity index (χ1n) is 10.6. The Morgan fingerprint density at radius 1 is 1.12 bits per heavy atom. The maximum absolute atomic E-state index is 12.3. The smallest absolute Gasteiger partial charge is 0.252 e. The Bertz CT molecular complexity index is 879. The maximum Gasteiger partial charge on any atom is 0.252 e. The molecule has 1 aliphatic rings. The highest BCUT2D eigenvalue weighted by Crippen LogP contribution is 2.17. The molecule has 9 heteroatoms. The van der Waals surface area contributed by atoms with Gasteiger partial charge in [0.15, 0.2) is 5.96 Å². The molecule has 1 atom stereocenters. The van der Waals surface area contributed by atoms with Crippen molar-refractivity contribution in [2.24, 2.45) is 10.9 Å². The number of halogens is 1. The molecule has 2 amide bonds. The summed E-state index contributed by atoms with van der Waals surface area (Å²) in [5, 5.41) is 9.30. The molecule has 3 rings (SSSR count). The summed E-state index contributed by atoms with van der Waals surface area (Å²) in [6.45, 7) is 3.19. The number of guanidine groups is 1. The summed E-state index contributed by atoms with van der Waals surface area (Å²) in [7, 11) is 1.70. The lowest BCUT2D eigenvalue weighted by Gasteiger charge is -2.18. The number of aliphatic imine (C=N–C) groups is 1. The summed E-state index contributed by atoms with van der Waals surface area (Å²) in [5.41, 5.74) is 1.78. The van der Waals surface area contributed by atoms with E-state index in [1.165, 1.54) is 11.8 Å². The monoisotopic (exact) mass is 550 g/mol. The summed E-state index contributed by atoms with van der Waals surface area (Å²) in [4.78, 5) is 34.4. The van der Waals surface area contributed by atoms with Crippen LogP contribution in [0.5, 0.6) is 0 Å². The van der Waals surface area contributed by atoms with Gasteiger partial charge in [-0.05, 0) is 24.1 Å². The van der Waals surface area contributed by atoms with Gasteiger partial charge in [0, 0.05) is 64.5 Å². The van der Waals surface area contributed by atoms with Crippen molar-refractivity contribution in [2.75, 3.05) is 39.8 Å². The molecule has 0 saturated carbocycles. The van der Waals surface area contributed by atoms with Crippen LogP contribution >= 0.6 is 24.0 Å². The van der Waals surface area contributed by atoms with Crippen molar-refractivity contribution in [1.29, 1.82) is 0 Å². The van der Waals surface area contributed by atoms with E-state index in [1.807, 2.05) is 23.1 Å². The van der Waals surface area contributed by atoms with Crippen LogP contribution in [0.1, 0.15) is 22.3 Å². The van der Waals surface area contributed by atoms with E-state index >= 15 is 0 Å². The lowest BCUT2D eigenvalue weighted by atomic mass is 10.1. The Labute approximate surface area is 206 Å². The summed E-state index contributed by atoms with van der Waals surface area (Å²) in [6, 6.07) is 13.7. The molecule has 172 valence electrons. The molecule has 2 aromatic rings. The lowest BCUT2D eigenvalue weighted by molar-refractivity contribution is -0.127. The van der Waals surface area contributed by atoms with Crippen molar-refractivity contribution >= 4 is 41.8 Å². The molecule has 0 bridgehead atoms. The molecule has 1 aromatic heterocycles. The summed E-state index contributed by atoms with van der Waals surface area (Å²) in [6.07, 6.45) is 4.60. The zero-order valence-electron chi connectivity index (χ0n) is 18.3. The van der Waals surface area contributed by atoms with Gasteiger partial charge in [-0.3, -0.25) is 19.6 Å². The second-order valence-electron chi connectivity index (χ2n) is 7.52. The molecule has 32 heavy (non-hydrogen) atoms. The van der Waals surface area contributed by atoms with E-state index in [-0.39, 0.29) is 41.7 Å². The highest BCUT2D eigenvalue weighted by Gasteiger charge is 2.29. The average molecular weight is 550 g/mol. The Hall–Kier alpha value is -2.69. The highest BCUT2D eigenvalue weighted by molar-refractivity contribution is 14.0. The fourth-order valence-corrected chi connectivity index (χ4v) is 3.53. The number of carbonyl (C=O) groups excluding carboxylic acids is 2. The van der Waals surface area contributed by atoms with Gasteiger partial charge in [0.1, 0.15) is 0 Å². The summed E-state index contributed by atoms with van der Waals surface area (Å²) < 4.78 is 0. The van der Waals surface area contributed by atoms with Crippen molar-refractivity contribution in [3.63, 3.8) is 0 Å². The largest absolute Gasteiger partial charge is 0.356 e. The summed E-state index contributed by atoms with van der Waals surface area (Å²) >= 11 is 0. The van der Waals surface area contributed by atoms with Crippen LogP contribution in [0.2, 0.25) is 0 Å². The zero-order chi connectivity index (χ0) is 21.9. The van der Waals surface area contributed by atoms with E-state index in [2.05, 4.69) is 38.1 Å². The topological polar surface area (TPSA) is 98.7 Å². The Morgan fingerprint density at radius 2 is 1.91 bits per heavy atom. The van der Waals surface area contributed by atoms with Crippen LogP contribution < -0.4 is 16.0 Å². The van der Waals surface area contributed by atoms with Crippen molar-refractivity contribution in [2.45, 2.75) is 12.8 Å². The van der Waals surface area contributed by atoms with E-state index in [0.29, 0.717) is 37.6 Å². The first-order valence-corrected chi connectivity index (χ1v) is 10.6. The number of rotatable bonds is 9. The van der Waals surface area contributed by atoms with Gasteiger partial charge in [-0.1, -0.05) is 30.3 Å². The molecular weight excluding hydrogens is 519 g/mol. The third-order valence-corrected chi connectivity index (χ3v) is 5.22. The number of amides is 2. The molecule has 1 aromatic carbocycles.